The summed E-state index contributed by atoms with van der Waals surface area (Å²) in [5, 5.41) is 0. The summed E-state index contributed by atoms with van der Waals surface area (Å²) in [5.41, 5.74) is 0.516. The van der Waals surface area contributed by atoms with Gasteiger partial charge in [-0.25, -0.2) is 9.97 Å². The monoisotopic (exact) mass is 276 g/mol. The van der Waals surface area contributed by atoms with Crippen molar-refractivity contribution in [2.24, 2.45) is 0 Å². The highest BCUT2D eigenvalue weighted by Gasteiger charge is 2.19. The van der Waals surface area contributed by atoms with Crippen LogP contribution in [0.4, 0.5) is 5.82 Å². The molecule has 1 amide bonds. The van der Waals surface area contributed by atoms with E-state index in [4.69, 9.17) is 0 Å². The molecule has 1 saturated heterocycles. The third-order valence-corrected chi connectivity index (χ3v) is 3.77. The largest absolute Gasteiger partial charge is 0.356 e. The van der Waals surface area contributed by atoms with Crippen LogP contribution in [0.2, 0.25) is 0 Å². The lowest BCUT2D eigenvalue weighted by atomic mass is 10.1. The third kappa shape index (κ3) is 3.26. The van der Waals surface area contributed by atoms with Gasteiger partial charge in [0.25, 0.3) is 5.91 Å². The van der Waals surface area contributed by atoms with Gasteiger partial charge in [-0.1, -0.05) is 0 Å². The number of hydrogen-bond acceptors (Lipinski definition) is 4. The van der Waals surface area contributed by atoms with E-state index in [1.807, 2.05) is 26.8 Å². The second kappa shape index (κ2) is 6.68. The van der Waals surface area contributed by atoms with Crippen molar-refractivity contribution in [3.05, 3.63) is 17.6 Å². The predicted molar refractivity (Wildman–Crippen MR) is 80.1 cm³/mol. The van der Waals surface area contributed by atoms with Gasteiger partial charge in [0.1, 0.15) is 17.3 Å². The Balaban J connectivity index is 2.25. The Morgan fingerprint density at radius 3 is 2.45 bits per heavy atom. The molecule has 1 aliphatic rings. The first-order valence-electron chi connectivity index (χ1n) is 7.55. The Morgan fingerprint density at radius 1 is 1.20 bits per heavy atom. The minimum atomic E-state index is -0.00115. The van der Waals surface area contributed by atoms with Crippen LogP contribution in [0.3, 0.4) is 0 Å². The van der Waals surface area contributed by atoms with Gasteiger partial charge in [-0.15, -0.1) is 0 Å². The number of carbonyl (C=O) groups is 1. The highest BCUT2D eigenvalue weighted by molar-refractivity contribution is 5.93. The Labute approximate surface area is 121 Å². The normalized spacial score (nSPS) is 15.2. The Morgan fingerprint density at radius 2 is 1.85 bits per heavy atom. The van der Waals surface area contributed by atoms with E-state index < -0.39 is 0 Å². The Kier molecular flexibility index (Phi) is 4.93. The highest BCUT2D eigenvalue weighted by Crippen LogP contribution is 2.19. The van der Waals surface area contributed by atoms with Gasteiger partial charge in [0, 0.05) is 32.2 Å². The maximum absolute atomic E-state index is 12.4. The molecule has 1 aromatic rings. The summed E-state index contributed by atoms with van der Waals surface area (Å²) in [5.74, 6) is 1.56. The number of hydrogen-bond donors (Lipinski definition) is 0. The number of aromatic nitrogens is 2. The molecule has 1 aliphatic heterocycles. The first-order chi connectivity index (χ1) is 9.65. The third-order valence-electron chi connectivity index (χ3n) is 3.77. The smallest absolute Gasteiger partial charge is 0.272 e. The van der Waals surface area contributed by atoms with Crippen LogP contribution in [-0.4, -0.2) is 47.0 Å². The van der Waals surface area contributed by atoms with Crippen molar-refractivity contribution in [2.75, 3.05) is 31.1 Å². The summed E-state index contributed by atoms with van der Waals surface area (Å²) >= 11 is 0. The average Bonchev–Trinajstić information content (AvgIpc) is 2.48. The summed E-state index contributed by atoms with van der Waals surface area (Å²) in [6.07, 6.45) is 3.68. The van der Waals surface area contributed by atoms with Gasteiger partial charge in [-0.05, 0) is 40.0 Å². The molecule has 1 aromatic heterocycles. The van der Waals surface area contributed by atoms with E-state index in [0.29, 0.717) is 24.6 Å². The Hall–Kier alpha value is -1.65. The number of piperidine rings is 1. The Bertz CT molecular complexity index is 465. The molecular weight excluding hydrogens is 252 g/mol. The summed E-state index contributed by atoms with van der Waals surface area (Å²) in [6.45, 7) is 9.29. The molecule has 20 heavy (non-hydrogen) atoms. The van der Waals surface area contributed by atoms with Gasteiger partial charge >= 0.3 is 0 Å². The van der Waals surface area contributed by atoms with Crippen LogP contribution in [0.15, 0.2) is 6.07 Å². The molecule has 0 spiro atoms. The SMILES string of the molecule is CCN(CC)C(=O)c1cc(N2CCCCC2)nc(C)n1. The quantitative estimate of drug-likeness (QED) is 0.846. The van der Waals surface area contributed by atoms with Crippen LogP contribution < -0.4 is 4.90 Å². The fourth-order valence-corrected chi connectivity index (χ4v) is 2.62. The molecule has 0 radical (unpaired) electrons. The van der Waals surface area contributed by atoms with E-state index in [-0.39, 0.29) is 5.91 Å². The highest BCUT2D eigenvalue weighted by atomic mass is 16.2. The maximum Gasteiger partial charge on any atom is 0.272 e. The van der Waals surface area contributed by atoms with Crippen molar-refractivity contribution in [1.29, 1.82) is 0 Å². The molecule has 0 atom stereocenters. The molecule has 2 rings (SSSR count). The molecule has 0 aliphatic carbocycles. The summed E-state index contributed by atoms with van der Waals surface area (Å²) in [7, 11) is 0. The zero-order valence-electron chi connectivity index (χ0n) is 12.7. The fourth-order valence-electron chi connectivity index (χ4n) is 2.62. The van der Waals surface area contributed by atoms with Crippen LogP contribution in [0, 0.1) is 6.92 Å². The van der Waals surface area contributed by atoms with Crippen LogP contribution in [0.25, 0.3) is 0 Å². The molecule has 1 fully saturated rings. The molecule has 0 bridgehead atoms. The van der Waals surface area contributed by atoms with E-state index in [2.05, 4.69) is 14.9 Å². The van der Waals surface area contributed by atoms with E-state index in [1.54, 1.807) is 4.90 Å². The maximum atomic E-state index is 12.4. The molecule has 110 valence electrons. The topological polar surface area (TPSA) is 49.3 Å². The van der Waals surface area contributed by atoms with Crippen LogP contribution >= 0.6 is 0 Å². The van der Waals surface area contributed by atoms with Crippen molar-refractivity contribution in [2.45, 2.75) is 40.0 Å². The molecule has 0 unspecified atom stereocenters. The van der Waals surface area contributed by atoms with E-state index in [9.17, 15) is 4.79 Å². The van der Waals surface area contributed by atoms with Crippen molar-refractivity contribution < 1.29 is 4.79 Å². The molecule has 2 heterocycles. The van der Waals surface area contributed by atoms with Crippen LogP contribution in [0.1, 0.15) is 49.4 Å². The zero-order chi connectivity index (χ0) is 14.5. The standard InChI is InChI=1S/C15H24N4O/c1-4-18(5-2)15(20)13-11-14(17-12(3)16-13)19-9-7-6-8-10-19/h11H,4-10H2,1-3H3. The predicted octanol–water partition coefficient (Wildman–Crippen LogP) is 2.26. The van der Waals surface area contributed by atoms with Gasteiger partial charge in [-0.2, -0.15) is 0 Å². The molecular formula is C15H24N4O. The van der Waals surface area contributed by atoms with Crippen LogP contribution in [-0.2, 0) is 0 Å². The zero-order valence-corrected chi connectivity index (χ0v) is 12.7. The lowest BCUT2D eigenvalue weighted by molar-refractivity contribution is 0.0766. The number of rotatable bonds is 4. The molecule has 5 nitrogen and oxygen atoms in total. The van der Waals surface area contributed by atoms with Gasteiger partial charge in [0.2, 0.25) is 0 Å². The number of aryl methyl sites for hydroxylation is 1. The molecule has 0 aromatic carbocycles. The molecule has 0 N–H and O–H groups in total. The minimum absolute atomic E-state index is 0.00115. The van der Waals surface area contributed by atoms with Crippen molar-refractivity contribution in [1.82, 2.24) is 14.9 Å². The lowest BCUT2D eigenvalue weighted by Crippen LogP contribution is -2.33. The van der Waals surface area contributed by atoms with Crippen molar-refractivity contribution >= 4 is 11.7 Å². The van der Waals surface area contributed by atoms with E-state index in [0.717, 1.165) is 18.9 Å². The fraction of sp³-hybridized carbons (Fsp3) is 0.667. The summed E-state index contributed by atoms with van der Waals surface area (Å²) in [4.78, 5) is 25.3. The molecule has 5 heteroatoms. The second-order valence-electron chi connectivity index (χ2n) is 5.18. The number of nitrogens with zero attached hydrogens (tertiary/aromatic N) is 4. The summed E-state index contributed by atoms with van der Waals surface area (Å²) < 4.78 is 0. The minimum Gasteiger partial charge on any atom is -0.356 e. The van der Waals surface area contributed by atoms with Gasteiger partial charge in [0.15, 0.2) is 0 Å². The van der Waals surface area contributed by atoms with E-state index >= 15 is 0 Å². The van der Waals surface area contributed by atoms with Gasteiger partial charge < -0.3 is 9.80 Å². The number of amides is 1. The lowest BCUT2D eigenvalue weighted by Gasteiger charge is -2.28. The van der Waals surface area contributed by atoms with Crippen molar-refractivity contribution in [3.63, 3.8) is 0 Å². The first-order valence-corrected chi connectivity index (χ1v) is 7.55. The van der Waals surface area contributed by atoms with Crippen LogP contribution in [0.5, 0.6) is 0 Å². The van der Waals surface area contributed by atoms with Gasteiger partial charge in [0.05, 0.1) is 0 Å². The first kappa shape index (κ1) is 14.8. The number of anilines is 1. The van der Waals surface area contributed by atoms with Crippen molar-refractivity contribution in [3.8, 4) is 0 Å². The second-order valence-corrected chi connectivity index (χ2v) is 5.18. The van der Waals surface area contributed by atoms with Gasteiger partial charge in [-0.3, -0.25) is 4.79 Å². The average molecular weight is 276 g/mol. The van der Waals surface area contributed by atoms with E-state index in [1.165, 1.54) is 19.3 Å². The molecule has 0 saturated carbocycles. The number of carbonyl (C=O) groups excluding carboxylic acids is 1. The summed E-state index contributed by atoms with van der Waals surface area (Å²) in [6, 6.07) is 1.85.